The average molecular weight is 255 g/mol. The van der Waals surface area contributed by atoms with Crippen molar-refractivity contribution in [2.24, 2.45) is 0 Å². The number of anilines is 1. The highest BCUT2D eigenvalue weighted by Gasteiger charge is 2.19. The van der Waals surface area contributed by atoms with Crippen molar-refractivity contribution in [2.45, 2.75) is 13.8 Å². The van der Waals surface area contributed by atoms with Gasteiger partial charge in [-0.15, -0.1) is 11.3 Å². The summed E-state index contributed by atoms with van der Waals surface area (Å²) >= 11 is 1.29. The van der Waals surface area contributed by atoms with Crippen LogP contribution in [0.3, 0.4) is 0 Å². The highest BCUT2D eigenvalue weighted by molar-refractivity contribution is 7.12. The fourth-order valence-corrected chi connectivity index (χ4v) is 2.17. The summed E-state index contributed by atoms with van der Waals surface area (Å²) in [6.45, 7) is 4.79. The molecule has 1 rings (SSSR count). The summed E-state index contributed by atoms with van der Waals surface area (Å²) in [7, 11) is 0. The maximum atomic E-state index is 12.1. The standard InChI is InChI=1S/C11H17N3O2S/c1-3-13-9(15)7-14(4-2)11(16)10-8(12)5-6-17-10/h5-6H,3-4,7,12H2,1-2H3,(H,13,15). The molecule has 0 unspecified atom stereocenters. The molecule has 0 spiro atoms. The fourth-order valence-electron chi connectivity index (χ4n) is 1.39. The number of hydrogen-bond donors (Lipinski definition) is 2. The predicted molar refractivity (Wildman–Crippen MR) is 69.0 cm³/mol. The molecule has 0 aliphatic heterocycles. The van der Waals surface area contributed by atoms with Gasteiger partial charge in [-0.1, -0.05) is 0 Å². The van der Waals surface area contributed by atoms with Crippen LogP contribution in [-0.4, -0.2) is 36.3 Å². The zero-order valence-electron chi connectivity index (χ0n) is 10.0. The molecule has 94 valence electrons. The van der Waals surface area contributed by atoms with E-state index in [-0.39, 0.29) is 18.4 Å². The molecule has 0 saturated carbocycles. The number of hydrogen-bond acceptors (Lipinski definition) is 4. The number of nitrogens with two attached hydrogens (primary N) is 1. The van der Waals surface area contributed by atoms with E-state index in [1.54, 1.807) is 11.4 Å². The van der Waals surface area contributed by atoms with Gasteiger partial charge in [-0.25, -0.2) is 0 Å². The zero-order chi connectivity index (χ0) is 12.8. The molecular weight excluding hydrogens is 238 g/mol. The van der Waals surface area contributed by atoms with Crippen molar-refractivity contribution in [3.63, 3.8) is 0 Å². The SMILES string of the molecule is CCNC(=O)CN(CC)C(=O)c1sccc1N. The normalized spacial score (nSPS) is 10.0. The van der Waals surface area contributed by atoms with Gasteiger partial charge in [-0.05, 0) is 25.3 Å². The Morgan fingerprint density at radius 1 is 1.47 bits per heavy atom. The predicted octanol–water partition coefficient (Wildman–Crippen LogP) is 0.928. The van der Waals surface area contributed by atoms with Crippen molar-refractivity contribution in [1.29, 1.82) is 0 Å². The van der Waals surface area contributed by atoms with Gasteiger partial charge in [0.25, 0.3) is 5.91 Å². The highest BCUT2D eigenvalue weighted by Crippen LogP contribution is 2.20. The number of amides is 2. The molecule has 5 nitrogen and oxygen atoms in total. The van der Waals surface area contributed by atoms with Gasteiger partial charge in [-0.2, -0.15) is 0 Å². The molecule has 0 radical (unpaired) electrons. The molecule has 0 atom stereocenters. The number of nitrogens with zero attached hydrogens (tertiary/aromatic N) is 1. The number of nitrogen functional groups attached to an aromatic ring is 1. The first kappa shape index (κ1) is 13.5. The van der Waals surface area contributed by atoms with E-state index in [0.29, 0.717) is 23.7 Å². The fraction of sp³-hybridized carbons (Fsp3) is 0.455. The second-order valence-corrected chi connectivity index (χ2v) is 4.39. The summed E-state index contributed by atoms with van der Waals surface area (Å²) in [5, 5.41) is 4.43. The molecule has 1 aromatic rings. The van der Waals surface area contributed by atoms with Crippen LogP contribution in [0.1, 0.15) is 23.5 Å². The molecule has 0 fully saturated rings. The van der Waals surface area contributed by atoms with Crippen molar-refractivity contribution in [1.82, 2.24) is 10.2 Å². The topological polar surface area (TPSA) is 75.4 Å². The molecule has 1 aromatic heterocycles. The summed E-state index contributed by atoms with van der Waals surface area (Å²) in [5.41, 5.74) is 6.15. The monoisotopic (exact) mass is 255 g/mol. The number of carbonyl (C=O) groups is 2. The minimum atomic E-state index is -0.189. The van der Waals surface area contributed by atoms with Crippen molar-refractivity contribution >= 4 is 28.8 Å². The Kier molecular flexibility index (Phi) is 4.96. The third kappa shape index (κ3) is 3.45. The smallest absolute Gasteiger partial charge is 0.266 e. The zero-order valence-corrected chi connectivity index (χ0v) is 10.8. The molecule has 3 N–H and O–H groups in total. The summed E-state index contributed by atoms with van der Waals surface area (Å²) in [4.78, 5) is 25.5. The Hall–Kier alpha value is -1.56. The second-order valence-electron chi connectivity index (χ2n) is 3.48. The Labute approximate surface area is 105 Å². The summed E-state index contributed by atoms with van der Waals surface area (Å²) < 4.78 is 0. The van der Waals surface area contributed by atoms with Crippen LogP contribution in [0.4, 0.5) is 5.69 Å². The molecule has 17 heavy (non-hydrogen) atoms. The molecular formula is C11H17N3O2S. The van der Waals surface area contributed by atoms with Gasteiger partial charge in [0.2, 0.25) is 5.91 Å². The van der Waals surface area contributed by atoms with Crippen LogP contribution in [0.5, 0.6) is 0 Å². The molecule has 1 heterocycles. The third-order valence-corrected chi connectivity index (χ3v) is 3.19. The van der Waals surface area contributed by atoms with Crippen LogP contribution in [-0.2, 0) is 4.79 Å². The Morgan fingerprint density at radius 3 is 2.65 bits per heavy atom. The van der Waals surface area contributed by atoms with Crippen LogP contribution >= 0.6 is 11.3 Å². The van der Waals surface area contributed by atoms with Gasteiger partial charge in [0.05, 0.1) is 12.2 Å². The average Bonchev–Trinajstić information content (AvgIpc) is 2.72. The van der Waals surface area contributed by atoms with E-state index < -0.39 is 0 Å². The molecule has 0 saturated heterocycles. The Bertz CT molecular complexity index is 403. The molecule has 6 heteroatoms. The second kappa shape index (κ2) is 6.24. The first-order valence-corrected chi connectivity index (χ1v) is 6.37. The van der Waals surface area contributed by atoms with E-state index in [4.69, 9.17) is 5.73 Å². The van der Waals surface area contributed by atoms with Crippen LogP contribution in [0.25, 0.3) is 0 Å². The van der Waals surface area contributed by atoms with Gasteiger partial charge in [-0.3, -0.25) is 9.59 Å². The minimum absolute atomic E-state index is 0.0700. The first-order chi connectivity index (χ1) is 8.10. The molecule has 2 amide bonds. The van der Waals surface area contributed by atoms with Crippen molar-refractivity contribution in [2.75, 3.05) is 25.4 Å². The lowest BCUT2D eigenvalue weighted by Gasteiger charge is -2.19. The Morgan fingerprint density at radius 2 is 2.18 bits per heavy atom. The van der Waals surface area contributed by atoms with Gasteiger partial charge in [0, 0.05) is 13.1 Å². The lowest BCUT2D eigenvalue weighted by molar-refractivity contribution is -0.121. The third-order valence-electron chi connectivity index (χ3n) is 2.27. The van der Waals surface area contributed by atoms with E-state index in [1.807, 2.05) is 13.8 Å². The van der Waals surface area contributed by atoms with E-state index in [1.165, 1.54) is 16.2 Å². The molecule has 0 aliphatic rings. The lowest BCUT2D eigenvalue weighted by atomic mass is 10.3. The van der Waals surface area contributed by atoms with Gasteiger partial charge in [0.15, 0.2) is 0 Å². The first-order valence-electron chi connectivity index (χ1n) is 5.49. The number of thiophene rings is 1. The van der Waals surface area contributed by atoms with E-state index in [0.717, 1.165) is 0 Å². The van der Waals surface area contributed by atoms with E-state index in [2.05, 4.69) is 5.32 Å². The largest absolute Gasteiger partial charge is 0.397 e. The maximum Gasteiger partial charge on any atom is 0.266 e. The van der Waals surface area contributed by atoms with Crippen molar-refractivity contribution in [3.8, 4) is 0 Å². The number of rotatable bonds is 5. The minimum Gasteiger partial charge on any atom is -0.397 e. The molecule has 0 bridgehead atoms. The highest BCUT2D eigenvalue weighted by atomic mass is 32.1. The van der Waals surface area contributed by atoms with E-state index in [9.17, 15) is 9.59 Å². The quantitative estimate of drug-likeness (QED) is 0.821. The molecule has 0 aliphatic carbocycles. The van der Waals surface area contributed by atoms with Crippen LogP contribution in [0.15, 0.2) is 11.4 Å². The number of nitrogens with one attached hydrogen (secondary N) is 1. The van der Waals surface area contributed by atoms with Crippen molar-refractivity contribution < 1.29 is 9.59 Å². The summed E-state index contributed by atoms with van der Waals surface area (Å²) in [5.74, 6) is -0.343. The van der Waals surface area contributed by atoms with E-state index >= 15 is 0 Å². The van der Waals surface area contributed by atoms with Crippen LogP contribution < -0.4 is 11.1 Å². The van der Waals surface area contributed by atoms with Gasteiger partial charge < -0.3 is 16.0 Å². The van der Waals surface area contributed by atoms with Crippen molar-refractivity contribution in [3.05, 3.63) is 16.3 Å². The van der Waals surface area contributed by atoms with Crippen LogP contribution in [0, 0.1) is 0 Å². The Balaban J connectivity index is 2.71. The van der Waals surface area contributed by atoms with Crippen LogP contribution in [0.2, 0.25) is 0 Å². The van der Waals surface area contributed by atoms with Gasteiger partial charge >= 0.3 is 0 Å². The van der Waals surface area contributed by atoms with Gasteiger partial charge in [0.1, 0.15) is 4.88 Å². The maximum absolute atomic E-state index is 12.1. The summed E-state index contributed by atoms with van der Waals surface area (Å²) in [6, 6.07) is 1.69. The molecule has 0 aromatic carbocycles. The number of likely N-dealkylation sites (N-methyl/N-ethyl adjacent to an activating group) is 2. The number of carbonyl (C=O) groups excluding carboxylic acids is 2. The summed E-state index contributed by atoms with van der Waals surface area (Å²) in [6.07, 6.45) is 0. The lowest BCUT2D eigenvalue weighted by Crippen LogP contribution is -2.40.